The molecule has 0 saturated carbocycles. The molecule has 1 unspecified atom stereocenters. The molecule has 3 heterocycles. The molecule has 1 aromatic heterocycles. The van der Waals surface area contributed by atoms with Gasteiger partial charge in [-0.2, -0.15) is 0 Å². The monoisotopic (exact) mass is 355 g/mol. The van der Waals surface area contributed by atoms with E-state index >= 15 is 0 Å². The van der Waals surface area contributed by atoms with Gasteiger partial charge in [-0.15, -0.1) is 0 Å². The largest absolute Gasteiger partial charge is 0.497 e. The van der Waals surface area contributed by atoms with Gasteiger partial charge in [0.2, 0.25) is 5.91 Å². The van der Waals surface area contributed by atoms with Crippen molar-refractivity contribution in [3.63, 3.8) is 0 Å². The van der Waals surface area contributed by atoms with Crippen molar-refractivity contribution >= 4 is 22.5 Å². The number of hydrogen-bond donors (Lipinski definition) is 0. The number of nitrogens with zero attached hydrogens (tertiary/aromatic N) is 3. The minimum atomic E-state index is 0.0515. The van der Waals surface area contributed by atoms with E-state index in [0.717, 1.165) is 48.3 Å². The molecule has 2 aliphatic heterocycles. The van der Waals surface area contributed by atoms with Crippen LogP contribution >= 0.6 is 0 Å². The first-order valence-electron chi connectivity index (χ1n) is 9.30. The average Bonchev–Trinajstić information content (AvgIpc) is 2.73. The Morgan fingerprint density at radius 3 is 2.88 bits per heavy atom. The van der Waals surface area contributed by atoms with Crippen molar-refractivity contribution in [2.45, 2.75) is 12.8 Å². The molecule has 0 aliphatic carbocycles. The van der Waals surface area contributed by atoms with Gasteiger partial charge in [0.15, 0.2) is 0 Å². The van der Waals surface area contributed by atoms with Crippen LogP contribution < -0.4 is 9.64 Å². The lowest BCUT2D eigenvalue weighted by atomic mass is 9.95. The average molecular weight is 355 g/mol. The number of aromatic nitrogens is 1. The van der Waals surface area contributed by atoms with Crippen molar-refractivity contribution in [3.05, 3.63) is 30.5 Å². The molecule has 0 radical (unpaired) electrons. The van der Waals surface area contributed by atoms with E-state index in [0.29, 0.717) is 26.3 Å². The first-order chi connectivity index (χ1) is 12.8. The van der Waals surface area contributed by atoms with E-state index in [9.17, 15) is 4.79 Å². The zero-order chi connectivity index (χ0) is 17.9. The van der Waals surface area contributed by atoms with Gasteiger partial charge < -0.3 is 19.3 Å². The van der Waals surface area contributed by atoms with Crippen LogP contribution in [0.25, 0.3) is 10.9 Å². The number of hydrogen-bond acceptors (Lipinski definition) is 5. The van der Waals surface area contributed by atoms with E-state index in [2.05, 4.69) is 9.88 Å². The van der Waals surface area contributed by atoms with E-state index < -0.39 is 0 Å². The number of fused-ring (bicyclic) bond motifs is 1. The molecule has 0 bridgehead atoms. The Balaban J connectivity index is 1.58. The second-order valence-electron chi connectivity index (χ2n) is 6.94. The third-order valence-electron chi connectivity index (χ3n) is 5.36. The molecule has 26 heavy (non-hydrogen) atoms. The van der Waals surface area contributed by atoms with Crippen molar-refractivity contribution in [2.75, 3.05) is 51.4 Å². The van der Waals surface area contributed by atoms with Crippen molar-refractivity contribution in [1.29, 1.82) is 0 Å². The molecule has 6 nitrogen and oxygen atoms in total. The van der Waals surface area contributed by atoms with Crippen molar-refractivity contribution < 1.29 is 14.3 Å². The van der Waals surface area contributed by atoms with Gasteiger partial charge in [-0.05, 0) is 37.1 Å². The zero-order valence-electron chi connectivity index (χ0n) is 15.2. The summed E-state index contributed by atoms with van der Waals surface area (Å²) in [6.07, 6.45) is 3.82. The number of methoxy groups -OCH3 is 1. The number of piperidine rings is 1. The van der Waals surface area contributed by atoms with Crippen molar-refractivity contribution in [2.24, 2.45) is 5.92 Å². The number of anilines is 1. The fourth-order valence-electron chi connectivity index (χ4n) is 3.95. The van der Waals surface area contributed by atoms with Crippen LogP contribution in [0.3, 0.4) is 0 Å². The highest BCUT2D eigenvalue weighted by atomic mass is 16.5. The van der Waals surface area contributed by atoms with Gasteiger partial charge in [-0.25, -0.2) is 0 Å². The van der Waals surface area contributed by atoms with Gasteiger partial charge in [0.25, 0.3) is 0 Å². The number of amides is 1. The third-order valence-corrected chi connectivity index (χ3v) is 5.36. The summed E-state index contributed by atoms with van der Waals surface area (Å²) in [7, 11) is 1.68. The van der Waals surface area contributed by atoms with Gasteiger partial charge in [-0.1, -0.05) is 0 Å². The molecule has 1 amide bonds. The Morgan fingerprint density at radius 1 is 1.23 bits per heavy atom. The van der Waals surface area contributed by atoms with Crippen LogP contribution in [0.2, 0.25) is 0 Å². The maximum absolute atomic E-state index is 12.9. The minimum absolute atomic E-state index is 0.0515. The van der Waals surface area contributed by atoms with Crippen molar-refractivity contribution in [1.82, 2.24) is 9.88 Å². The smallest absolute Gasteiger partial charge is 0.227 e. The maximum Gasteiger partial charge on any atom is 0.227 e. The topological polar surface area (TPSA) is 54.9 Å². The fourth-order valence-corrected chi connectivity index (χ4v) is 3.95. The van der Waals surface area contributed by atoms with Gasteiger partial charge in [0, 0.05) is 43.4 Å². The quantitative estimate of drug-likeness (QED) is 0.846. The number of benzene rings is 1. The molecule has 2 aliphatic rings. The lowest BCUT2D eigenvalue weighted by Gasteiger charge is -2.37. The van der Waals surface area contributed by atoms with Crippen LogP contribution in [-0.4, -0.2) is 62.3 Å². The van der Waals surface area contributed by atoms with Crippen LogP contribution in [-0.2, 0) is 9.53 Å². The first kappa shape index (κ1) is 17.1. The molecule has 0 spiro atoms. The molecule has 2 saturated heterocycles. The molecule has 2 aromatic rings. The second kappa shape index (κ2) is 7.50. The van der Waals surface area contributed by atoms with E-state index in [1.165, 1.54) is 0 Å². The van der Waals surface area contributed by atoms with Crippen molar-refractivity contribution in [3.8, 4) is 5.75 Å². The lowest BCUT2D eigenvalue weighted by Crippen LogP contribution is -2.48. The molecule has 0 N–H and O–H groups in total. The Kier molecular flexibility index (Phi) is 4.93. The third kappa shape index (κ3) is 3.33. The van der Waals surface area contributed by atoms with E-state index in [4.69, 9.17) is 9.47 Å². The van der Waals surface area contributed by atoms with Gasteiger partial charge in [0.05, 0.1) is 31.8 Å². The number of carbonyl (C=O) groups excluding carboxylic acids is 1. The number of carbonyl (C=O) groups is 1. The normalized spacial score (nSPS) is 21.0. The van der Waals surface area contributed by atoms with Crippen LogP contribution in [0.4, 0.5) is 5.69 Å². The molecular formula is C20H25N3O3. The van der Waals surface area contributed by atoms with Crippen LogP contribution in [0.15, 0.2) is 30.5 Å². The highest BCUT2D eigenvalue weighted by Gasteiger charge is 2.30. The summed E-state index contributed by atoms with van der Waals surface area (Å²) in [4.78, 5) is 21.7. The SMILES string of the molecule is COc1ccc2nccc(N3CCCC(C(=O)N4CCOCC4)C3)c2c1. The molecule has 1 atom stereocenters. The van der Waals surface area contributed by atoms with Crippen LogP contribution in [0.5, 0.6) is 5.75 Å². The maximum atomic E-state index is 12.9. The van der Waals surface area contributed by atoms with E-state index in [1.807, 2.05) is 35.4 Å². The predicted octanol–water partition coefficient (Wildman–Crippen LogP) is 2.32. The standard InChI is InChI=1S/C20H25N3O3/c1-25-16-4-5-18-17(13-16)19(6-7-21-18)23-8-2-3-15(14-23)20(24)22-9-11-26-12-10-22/h4-7,13,15H,2-3,8-12,14H2,1H3. The van der Waals surface area contributed by atoms with Gasteiger partial charge in [0.1, 0.15) is 5.75 Å². The fraction of sp³-hybridized carbons (Fsp3) is 0.500. The Morgan fingerprint density at radius 2 is 2.08 bits per heavy atom. The van der Waals surface area contributed by atoms with Crippen LogP contribution in [0.1, 0.15) is 12.8 Å². The number of pyridine rings is 1. The summed E-state index contributed by atoms with van der Waals surface area (Å²) in [5.74, 6) is 1.15. The predicted molar refractivity (Wildman–Crippen MR) is 101 cm³/mol. The summed E-state index contributed by atoms with van der Waals surface area (Å²) in [6, 6.07) is 7.99. The zero-order valence-corrected chi connectivity index (χ0v) is 15.2. The lowest BCUT2D eigenvalue weighted by molar-refractivity contribution is -0.139. The molecule has 138 valence electrons. The Bertz CT molecular complexity index is 789. The second-order valence-corrected chi connectivity index (χ2v) is 6.94. The Hall–Kier alpha value is -2.34. The number of rotatable bonds is 3. The molecule has 6 heteroatoms. The minimum Gasteiger partial charge on any atom is -0.497 e. The summed E-state index contributed by atoms with van der Waals surface area (Å²) in [5, 5.41) is 1.08. The molecule has 4 rings (SSSR count). The van der Waals surface area contributed by atoms with Crippen LogP contribution in [0, 0.1) is 5.92 Å². The molecule has 2 fully saturated rings. The summed E-state index contributed by atoms with van der Waals surface area (Å²) in [5.41, 5.74) is 2.08. The van der Waals surface area contributed by atoms with Gasteiger partial charge in [-0.3, -0.25) is 9.78 Å². The molecular weight excluding hydrogens is 330 g/mol. The molecule has 1 aromatic carbocycles. The highest BCUT2D eigenvalue weighted by molar-refractivity contribution is 5.93. The summed E-state index contributed by atoms with van der Waals surface area (Å²) >= 11 is 0. The van der Waals surface area contributed by atoms with E-state index in [1.54, 1.807) is 7.11 Å². The van der Waals surface area contributed by atoms with Gasteiger partial charge >= 0.3 is 0 Å². The first-order valence-corrected chi connectivity index (χ1v) is 9.30. The highest BCUT2D eigenvalue weighted by Crippen LogP contribution is 2.32. The number of morpholine rings is 1. The number of ether oxygens (including phenoxy) is 2. The summed E-state index contributed by atoms with van der Waals surface area (Å²) in [6.45, 7) is 4.44. The summed E-state index contributed by atoms with van der Waals surface area (Å²) < 4.78 is 10.8. The Labute approximate surface area is 153 Å². The van der Waals surface area contributed by atoms with E-state index in [-0.39, 0.29) is 11.8 Å².